The van der Waals surface area contributed by atoms with Crippen LogP contribution in [0.1, 0.15) is 43.4 Å². The highest BCUT2D eigenvalue weighted by Crippen LogP contribution is 2.30. The summed E-state index contributed by atoms with van der Waals surface area (Å²) in [4.78, 5) is 17.1. The number of hydrogen-bond donors (Lipinski definition) is 2. The van der Waals surface area contributed by atoms with Gasteiger partial charge < -0.3 is 10.6 Å². The Morgan fingerprint density at radius 2 is 2.22 bits per heavy atom. The summed E-state index contributed by atoms with van der Waals surface area (Å²) in [5, 5.41) is 6.35. The zero-order valence-corrected chi connectivity index (χ0v) is 11.7. The molecule has 1 saturated carbocycles. The van der Waals surface area contributed by atoms with Gasteiger partial charge in [-0.25, -0.2) is 0 Å². The summed E-state index contributed by atoms with van der Waals surface area (Å²) in [5.41, 5.74) is 1.81. The van der Waals surface area contributed by atoms with E-state index in [9.17, 15) is 4.79 Å². The van der Waals surface area contributed by atoms with Gasteiger partial charge in [0.2, 0.25) is 5.91 Å². The van der Waals surface area contributed by atoms with E-state index >= 15 is 0 Å². The highest BCUT2D eigenvalue weighted by molar-refractivity contribution is 7.09. The molecular formula is C13H21N3OS. The van der Waals surface area contributed by atoms with Crippen molar-refractivity contribution < 1.29 is 4.79 Å². The van der Waals surface area contributed by atoms with Crippen LogP contribution in [-0.2, 0) is 11.3 Å². The second-order valence-corrected chi connectivity index (χ2v) is 5.98. The molecule has 2 N–H and O–H groups in total. The molecule has 0 aromatic carbocycles. The molecule has 0 spiro atoms. The SMILES string of the molecule is CNC1(CC(=O)NCc2cncs2)CCCCC1. The molecule has 18 heavy (non-hydrogen) atoms. The highest BCUT2D eigenvalue weighted by Gasteiger charge is 2.32. The third-order valence-corrected chi connectivity index (χ3v) is 4.56. The lowest BCUT2D eigenvalue weighted by Crippen LogP contribution is -2.48. The Bertz CT molecular complexity index is 372. The van der Waals surface area contributed by atoms with Crippen molar-refractivity contribution in [1.29, 1.82) is 0 Å². The van der Waals surface area contributed by atoms with Crippen LogP contribution in [-0.4, -0.2) is 23.5 Å². The number of nitrogens with one attached hydrogen (secondary N) is 2. The molecule has 1 amide bonds. The second-order valence-electron chi connectivity index (χ2n) is 5.01. The molecular weight excluding hydrogens is 246 g/mol. The molecule has 1 aromatic rings. The highest BCUT2D eigenvalue weighted by atomic mass is 32.1. The summed E-state index contributed by atoms with van der Waals surface area (Å²) in [6.45, 7) is 0.600. The van der Waals surface area contributed by atoms with Crippen LogP contribution in [0.15, 0.2) is 11.7 Å². The molecule has 5 heteroatoms. The van der Waals surface area contributed by atoms with Gasteiger partial charge in [0.05, 0.1) is 12.1 Å². The van der Waals surface area contributed by atoms with Crippen molar-refractivity contribution in [3.05, 3.63) is 16.6 Å². The van der Waals surface area contributed by atoms with Crippen LogP contribution in [0.3, 0.4) is 0 Å². The van der Waals surface area contributed by atoms with Crippen LogP contribution in [0, 0.1) is 0 Å². The van der Waals surface area contributed by atoms with Crippen molar-refractivity contribution in [2.75, 3.05) is 7.05 Å². The van der Waals surface area contributed by atoms with Crippen LogP contribution in [0.5, 0.6) is 0 Å². The summed E-state index contributed by atoms with van der Waals surface area (Å²) in [5.74, 6) is 0.139. The Morgan fingerprint density at radius 3 is 2.83 bits per heavy atom. The number of hydrogen-bond acceptors (Lipinski definition) is 4. The van der Waals surface area contributed by atoms with Gasteiger partial charge in [-0.3, -0.25) is 9.78 Å². The molecule has 100 valence electrons. The Balaban J connectivity index is 1.81. The van der Waals surface area contributed by atoms with Gasteiger partial charge >= 0.3 is 0 Å². The number of nitrogens with zero attached hydrogens (tertiary/aromatic N) is 1. The maximum absolute atomic E-state index is 12.0. The number of rotatable bonds is 5. The Kier molecular flexibility index (Phi) is 4.72. The average Bonchev–Trinajstić information content (AvgIpc) is 2.91. The van der Waals surface area contributed by atoms with Gasteiger partial charge in [-0.1, -0.05) is 19.3 Å². The van der Waals surface area contributed by atoms with Gasteiger partial charge in [-0.15, -0.1) is 11.3 Å². The Labute approximate surface area is 112 Å². The molecule has 0 unspecified atom stereocenters. The third-order valence-electron chi connectivity index (χ3n) is 3.78. The number of aromatic nitrogens is 1. The van der Waals surface area contributed by atoms with E-state index in [0.717, 1.165) is 17.7 Å². The number of carbonyl (C=O) groups is 1. The monoisotopic (exact) mass is 267 g/mol. The number of carbonyl (C=O) groups excluding carboxylic acids is 1. The van der Waals surface area contributed by atoms with E-state index in [-0.39, 0.29) is 11.4 Å². The van der Waals surface area contributed by atoms with Crippen molar-refractivity contribution in [2.45, 2.75) is 50.6 Å². The zero-order valence-electron chi connectivity index (χ0n) is 10.9. The number of amides is 1. The van der Waals surface area contributed by atoms with Gasteiger partial charge in [0.15, 0.2) is 0 Å². The van der Waals surface area contributed by atoms with E-state index < -0.39 is 0 Å². The maximum atomic E-state index is 12.0. The predicted molar refractivity (Wildman–Crippen MR) is 73.5 cm³/mol. The fourth-order valence-electron chi connectivity index (χ4n) is 2.63. The van der Waals surface area contributed by atoms with Crippen LogP contribution in [0.4, 0.5) is 0 Å². The topological polar surface area (TPSA) is 54.0 Å². The summed E-state index contributed by atoms with van der Waals surface area (Å²) < 4.78 is 0. The van der Waals surface area contributed by atoms with Crippen molar-refractivity contribution >= 4 is 17.2 Å². The normalized spacial score (nSPS) is 18.5. The smallest absolute Gasteiger partial charge is 0.222 e. The quantitative estimate of drug-likeness (QED) is 0.858. The zero-order chi connectivity index (χ0) is 12.8. The van der Waals surface area contributed by atoms with Crippen LogP contribution in [0.2, 0.25) is 0 Å². The molecule has 0 saturated heterocycles. The van der Waals surface area contributed by atoms with E-state index in [1.807, 2.05) is 7.05 Å². The molecule has 1 fully saturated rings. The minimum absolute atomic E-state index is 0.0238. The van der Waals surface area contributed by atoms with E-state index in [1.54, 1.807) is 23.0 Å². The maximum Gasteiger partial charge on any atom is 0.222 e. The molecule has 0 bridgehead atoms. The largest absolute Gasteiger partial charge is 0.351 e. The Hall–Kier alpha value is -0.940. The average molecular weight is 267 g/mol. The first-order valence-corrected chi connectivity index (χ1v) is 7.45. The lowest BCUT2D eigenvalue weighted by Gasteiger charge is -2.36. The first kappa shape index (κ1) is 13.5. The first-order chi connectivity index (χ1) is 8.74. The minimum atomic E-state index is 0.0238. The standard InChI is InChI=1S/C13H21N3OS/c1-14-13(5-3-2-4-6-13)7-12(17)16-9-11-8-15-10-18-11/h8,10,14H,2-7,9H2,1H3,(H,16,17). The van der Waals surface area contributed by atoms with Crippen LogP contribution < -0.4 is 10.6 Å². The lowest BCUT2D eigenvalue weighted by molar-refractivity contribution is -0.123. The van der Waals surface area contributed by atoms with Gasteiger partial charge in [-0.05, 0) is 19.9 Å². The van der Waals surface area contributed by atoms with Crippen molar-refractivity contribution in [2.24, 2.45) is 0 Å². The van der Waals surface area contributed by atoms with Gasteiger partial charge in [0, 0.05) is 23.0 Å². The first-order valence-electron chi connectivity index (χ1n) is 6.57. The molecule has 0 atom stereocenters. The summed E-state index contributed by atoms with van der Waals surface area (Å²) in [6.07, 6.45) is 8.36. The molecule has 4 nitrogen and oxygen atoms in total. The number of thiazole rings is 1. The third kappa shape index (κ3) is 3.53. The summed E-state index contributed by atoms with van der Waals surface area (Å²) in [7, 11) is 1.97. The minimum Gasteiger partial charge on any atom is -0.351 e. The Morgan fingerprint density at radius 1 is 1.44 bits per heavy atom. The summed E-state index contributed by atoms with van der Waals surface area (Å²) >= 11 is 1.57. The second kappa shape index (κ2) is 6.29. The van der Waals surface area contributed by atoms with Crippen molar-refractivity contribution in [1.82, 2.24) is 15.6 Å². The van der Waals surface area contributed by atoms with E-state index in [0.29, 0.717) is 13.0 Å². The van der Waals surface area contributed by atoms with Crippen LogP contribution in [0.25, 0.3) is 0 Å². The summed E-state index contributed by atoms with van der Waals surface area (Å²) in [6, 6.07) is 0. The molecule has 1 heterocycles. The van der Waals surface area contributed by atoms with E-state index in [2.05, 4.69) is 15.6 Å². The van der Waals surface area contributed by atoms with Gasteiger partial charge in [0.25, 0.3) is 0 Å². The predicted octanol–water partition coefficient (Wildman–Crippen LogP) is 2.07. The van der Waals surface area contributed by atoms with Gasteiger partial charge in [0.1, 0.15) is 0 Å². The molecule has 1 aromatic heterocycles. The molecule has 2 rings (SSSR count). The fraction of sp³-hybridized carbons (Fsp3) is 0.692. The molecule has 1 aliphatic rings. The van der Waals surface area contributed by atoms with Crippen molar-refractivity contribution in [3.8, 4) is 0 Å². The lowest BCUT2D eigenvalue weighted by atomic mass is 9.79. The van der Waals surface area contributed by atoms with Crippen LogP contribution >= 0.6 is 11.3 Å². The molecule has 0 aliphatic heterocycles. The molecule has 1 aliphatic carbocycles. The molecule has 0 radical (unpaired) electrons. The van der Waals surface area contributed by atoms with E-state index in [4.69, 9.17) is 0 Å². The van der Waals surface area contributed by atoms with E-state index in [1.165, 1.54) is 19.3 Å². The van der Waals surface area contributed by atoms with Crippen molar-refractivity contribution in [3.63, 3.8) is 0 Å². The fourth-order valence-corrected chi connectivity index (χ4v) is 3.16. The van der Waals surface area contributed by atoms with Gasteiger partial charge in [-0.2, -0.15) is 0 Å².